The number of aliphatic carboxylic acids is 1. The standard InChI is InChI=1S/C12H14ClNO3/c1-7-3-4-9(10(13)5-7)6-11(15)14-8(2)12(16)17/h3-5,8H,6H2,1-2H3,(H,14,15)(H,16,17). The summed E-state index contributed by atoms with van der Waals surface area (Å²) >= 11 is 5.98. The summed E-state index contributed by atoms with van der Waals surface area (Å²) in [6.07, 6.45) is 0.0801. The lowest BCUT2D eigenvalue weighted by Crippen LogP contribution is -2.39. The highest BCUT2D eigenvalue weighted by Crippen LogP contribution is 2.17. The van der Waals surface area contributed by atoms with E-state index in [4.69, 9.17) is 16.7 Å². The van der Waals surface area contributed by atoms with E-state index in [1.54, 1.807) is 12.1 Å². The van der Waals surface area contributed by atoms with Crippen molar-refractivity contribution in [2.45, 2.75) is 26.3 Å². The number of carbonyl (C=O) groups is 2. The van der Waals surface area contributed by atoms with Crippen molar-refractivity contribution < 1.29 is 14.7 Å². The average Bonchev–Trinajstić information content (AvgIpc) is 2.22. The van der Waals surface area contributed by atoms with Crippen molar-refractivity contribution in [2.75, 3.05) is 0 Å². The Balaban J connectivity index is 2.65. The molecule has 4 nitrogen and oxygen atoms in total. The first-order valence-corrected chi connectivity index (χ1v) is 5.55. The molecule has 0 saturated carbocycles. The van der Waals surface area contributed by atoms with Gasteiger partial charge in [0, 0.05) is 5.02 Å². The van der Waals surface area contributed by atoms with E-state index in [9.17, 15) is 9.59 Å². The molecule has 17 heavy (non-hydrogen) atoms. The van der Waals surface area contributed by atoms with Gasteiger partial charge >= 0.3 is 5.97 Å². The van der Waals surface area contributed by atoms with Crippen molar-refractivity contribution in [3.8, 4) is 0 Å². The van der Waals surface area contributed by atoms with Crippen molar-refractivity contribution in [3.63, 3.8) is 0 Å². The number of carboxylic acid groups (broad SMARTS) is 1. The van der Waals surface area contributed by atoms with Gasteiger partial charge in [0.05, 0.1) is 6.42 Å². The minimum absolute atomic E-state index is 0.0801. The van der Waals surface area contributed by atoms with Crippen LogP contribution in [0.5, 0.6) is 0 Å². The molecule has 1 rings (SSSR count). The molecule has 1 atom stereocenters. The van der Waals surface area contributed by atoms with Crippen molar-refractivity contribution >= 4 is 23.5 Å². The first-order valence-electron chi connectivity index (χ1n) is 5.17. The molecule has 1 aromatic carbocycles. The van der Waals surface area contributed by atoms with Crippen LogP contribution in [0.25, 0.3) is 0 Å². The molecule has 0 fully saturated rings. The summed E-state index contributed by atoms with van der Waals surface area (Å²) < 4.78 is 0. The summed E-state index contributed by atoms with van der Waals surface area (Å²) in [5, 5.41) is 11.5. The number of halogens is 1. The Morgan fingerprint density at radius 1 is 1.47 bits per heavy atom. The molecule has 1 aromatic rings. The summed E-state index contributed by atoms with van der Waals surface area (Å²) in [5.74, 6) is -1.42. The minimum Gasteiger partial charge on any atom is -0.480 e. The smallest absolute Gasteiger partial charge is 0.325 e. The molecular weight excluding hydrogens is 242 g/mol. The van der Waals surface area contributed by atoms with Gasteiger partial charge in [-0.1, -0.05) is 23.7 Å². The van der Waals surface area contributed by atoms with Crippen LogP contribution in [0.15, 0.2) is 18.2 Å². The van der Waals surface area contributed by atoms with E-state index < -0.39 is 12.0 Å². The van der Waals surface area contributed by atoms with Crippen LogP contribution in [0.3, 0.4) is 0 Å². The fraction of sp³-hybridized carbons (Fsp3) is 0.333. The number of carboxylic acids is 1. The van der Waals surface area contributed by atoms with E-state index in [0.29, 0.717) is 10.6 Å². The molecule has 0 radical (unpaired) electrons. The summed E-state index contributed by atoms with van der Waals surface area (Å²) in [6, 6.07) is 4.49. The molecule has 0 heterocycles. The maximum absolute atomic E-state index is 11.5. The van der Waals surface area contributed by atoms with Crippen molar-refractivity contribution in [1.29, 1.82) is 0 Å². The Labute approximate surface area is 105 Å². The molecule has 0 aromatic heterocycles. The number of carbonyl (C=O) groups excluding carboxylic acids is 1. The number of hydrogen-bond acceptors (Lipinski definition) is 2. The van der Waals surface area contributed by atoms with Crippen LogP contribution < -0.4 is 5.32 Å². The van der Waals surface area contributed by atoms with Gasteiger partial charge in [-0.25, -0.2) is 0 Å². The van der Waals surface area contributed by atoms with Gasteiger partial charge in [0.15, 0.2) is 0 Å². The number of rotatable bonds is 4. The van der Waals surface area contributed by atoms with Crippen LogP contribution in [0.2, 0.25) is 5.02 Å². The van der Waals surface area contributed by atoms with E-state index in [1.807, 2.05) is 13.0 Å². The number of nitrogens with one attached hydrogen (secondary N) is 1. The SMILES string of the molecule is Cc1ccc(CC(=O)NC(C)C(=O)O)c(Cl)c1. The monoisotopic (exact) mass is 255 g/mol. The highest BCUT2D eigenvalue weighted by Gasteiger charge is 2.14. The number of benzene rings is 1. The average molecular weight is 256 g/mol. The quantitative estimate of drug-likeness (QED) is 0.862. The van der Waals surface area contributed by atoms with Crippen LogP contribution in [0.4, 0.5) is 0 Å². The minimum atomic E-state index is -1.06. The van der Waals surface area contributed by atoms with Crippen LogP contribution in [-0.4, -0.2) is 23.0 Å². The molecule has 0 saturated heterocycles. The zero-order chi connectivity index (χ0) is 13.0. The lowest BCUT2D eigenvalue weighted by atomic mass is 10.1. The second-order valence-electron chi connectivity index (χ2n) is 3.90. The second-order valence-corrected chi connectivity index (χ2v) is 4.31. The van der Waals surface area contributed by atoms with Gasteiger partial charge in [0.25, 0.3) is 0 Å². The molecule has 2 N–H and O–H groups in total. The Morgan fingerprint density at radius 2 is 2.12 bits per heavy atom. The zero-order valence-corrected chi connectivity index (χ0v) is 10.4. The molecule has 1 amide bonds. The fourth-order valence-electron chi connectivity index (χ4n) is 1.32. The van der Waals surface area contributed by atoms with E-state index >= 15 is 0 Å². The zero-order valence-electron chi connectivity index (χ0n) is 9.66. The third-order valence-electron chi connectivity index (χ3n) is 2.31. The number of hydrogen-bond donors (Lipinski definition) is 2. The summed E-state index contributed by atoms with van der Waals surface area (Å²) in [7, 11) is 0. The Bertz CT molecular complexity index is 445. The van der Waals surface area contributed by atoms with Crippen molar-refractivity contribution in [2.24, 2.45) is 0 Å². The molecule has 5 heteroatoms. The third-order valence-corrected chi connectivity index (χ3v) is 2.66. The van der Waals surface area contributed by atoms with Gasteiger partial charge in [-0.05, 0) is 31.0 Å². The lowest BCUT2D eigenvalue weighted by molar-refractivity contribution is -0.141. The van der Waals surface area contributed by atoms with E-state index in [-0.39, 0.29) is 12.3 Å². The third kappa shape index (κ3) is 4.07. The van der Waals surface area contributed by atoms with E-state index in [0.717, 1.165) is 5.56 Å². The predicted octanol–water partition coefficient (Wildman–Crippen LogP) is 1.78. The van der Waals surface area contributed by atoms with Crippen molar-refractivity contribution in [1.82, 2.24) is 5.32 Å². The van der Waals surface area contributed by atoms with Gasteiger partial charge < -0.3 is 10.4 Å². The van der Waals surface area contributed by atoms with Crippen LogP contribution in [-0.2, 0) is 16.0 Å². The molecule has 0 spiro atoms. The number of aryl methyl sites for hydroxylation is 1. The molecular formula is C12H14ClNO3. The van der Waals surface area contributed by atoms with Gasteiger partial charge in [-0.2, -0.15) is 0 Å². The number of amides is 1. The van der Waals surface area contributed by atoms with Gasteiger partial charge in [-0.15, -0.1) is 0 Å². The summed E-state index contributed by atoms with van der Waals surface area (Å²) in [6.45, 7) is 3.32. The van der Waals surface area contributed by atoms with Gasteiger partial charge in [0.1, 0.15) is 6.04 Å². The molecule has 0 aliphatic heterocycles. The maximum atomic E-state index is 11.5. The molecule has 0 aliphatic rings. The largest absolute Gasteiger partial charge is 0.480 e. The highest BCUT2D eigenvalue weighted by molar-refractivity contribution is 6.31. The summed E-state index contributed by atoms with van der Waals surface area (Å²) in [4.78, 5) is 22.1. The first kappa shape index (κ1) is 13.5. The van der Waals surface area contributed by atoms with Gasteiger partial charge in [-0.3, -0.25) is 9.59 Å². The topological polar surface area (TPSA) is 66.4 Å². The van der Waals surface area contributed by atoms with Gasteiger partial charge in [0.2, 0.25) is 5.91 Å². The second kappa shape index (κ2) is 5.68. The molecule has 92 valence electrons. The maximum Gasteiger partial charge on any atom is 0.325 e. The molecule has 0 aliphatic carbocycles. The highest BCUT2D eigenvalue weighted by atomic mass is 35.5. The van der Waals surface area contributed by atoms with Crippen molar-refractivity contribution in [3.05, 3.63) is 34.3 Å². The Hall–Kier alpha value is -1.55. The van der Waals surface area contributed by atoms with E-state index in [1.165, 1.54) is 6.92 Å². The predicted molar refractivity (Wildman–Crippen MR) is 65.1 cm³/mol. The summed E-state index contributed by atoms with van der Waals surface area (Å²) in [5.41, 5.74) is 1.70. The normalized spacial score (nSPS) is 11.9. The Morgan fingerprint density at radius 3 is 2.65 bits per heavy atom. The van der Waals surface area contributed by atoms with Crippen LogP contribution >= 0.6 is 11.6 Å². The van der Waals surface area contributed by atoms with Crippen LogP contribution in [0.1, 0.15) is 18.1 Å². The first-order chi connectivity index (χ1) is 7.90. The Kier molecular flexibility index (Phi) is 4.52. The molecule has 1 unspecified atom stereocenters. The lowest BCUT2D eigenvalue weighted by Gasteiger charge is -2.10. The fourth-order valence-corrected chi connectivity index (χ4v) is 1.62. The van der Waals surface area contributed by atoms with E-state index in [2.05, 4.69) is 5.32 Å². The molecule has 0 bridgehead atoms. The van der Waals surface area contributed by atoms with Crippen LogP contribution in [0, 0.1) is 6.92 Å².